The van der Waals surface area contributed by atoms with Crippen LogP contribution in [0.2, 0.25) is 0 Å². The number of nitrogens with one attached hydrogen (secondary N) is 1. The Morgan fingerprint density at radius 2 is 1.96 bits per heavy atom. The van der Waals surface area contributed by atoms with Crippen LogP contribution < -0.4 is 5.32 Å². The second-order valence-corrected chi connectivity index (χ2v) is 11.1. The Morgan fingerprint density at radius 3 is 2.57 bits per heavy atom. The first-order valence-electron chi connectivity index (χ1n) is 9.19. The van der Waals surface area contributed by atoms with Gasteiger partial charge in [-0.05, 0) is 62.9 Å². The van der Waals surface area contributed by atoms with Crippen LogP contribution in [0.15, 0.2) is 26.6 Å². The number of halogens is 1. The summed E-state index contributed by atoms with van der Waals surface area (Å²) in [5, 5.41) is 5.26. The zero-order valence-corrected chi connectivity index (χ0v) is 20.1. The number of nitrogens with zero attached hydrogens (tertiary/aromatic N) is 3. The van der Waals surface area contributed by atoms with Crippen LogP contribution >= 0.6 is 39.0 Å². The molecule has 6 nitrogen and oxygen atoms in total. The van der Waals surface area contributed by atoms with Gasteiger partial charge in [0.15, 0.2) is 4.34 Å². The number of esters is 1. The van der Waals surface area contributed by atoms with Gasteiger partial charge in [0.05, 0.1) is 10.2 Å². The van der Waals surface area contributed by atoms with Gasteiger partial charge in [0, 0.05) is 24.3 Å². The topological polar surface area (TPSA) is 77.0 Å². The van der Waals surface area contributed by atoms with Gasteiger partial charge in [0.25, 0.3) is 0 Å². The predicted molar refractivity (Wildman–Crippen MR) is 119 cm³/mol. The molecule has 0 spiro atoms. The lowest BCUT2D eigenvalue weighted by Crippen LogP contribution is -2.38. The Bertz CT molecular complexity index is 777. The van der Waals surface area contributed by atoms with Gasteiger partial charge in [-0.3, -0.25) is 4.79 Å². The van der Waals surface area contributed by atoms with Crippen molar-refractivity contribution < 1.29 is 9.53 Å². The molecule has 2 aromatic rings. The fraction of sp³-hybridized carbons (Fsp3) is 0.579. The summed E-state index contributed by atoms with van der Waals surface area (Å²) in [5.41, 5.74) is 0.543. The van der Waals surface area contributed by atoms with E-state index in [1.807, 2.05) is 34.6 Å². The van der Waals surface area contributed by atoms with Crippen LogP contribution in [0, 0.1) is 0 Å². The highest BCUT2D eigenvalue weighted by Gasteiger charge is 2.37. The Morgan fingerprint density at radius 1 is 1.29 bits per heavy atom. The van der Waals surface area contributed by atoms with Gasteiger partial charge >= 0.3 is 5.97 Å². The molecule has 0 radical (unpaired) electrons. The second kappa shape index (κ2) is 10.0. The number of hydrogen-bond donors (Lipinski definition) is 1. The molecule has 0 saturated heterocycles. The van der Waals surface area contributed by atoms with E-state index in [0.29, 0.717) is 12.4 Å². The number of carbonyl (C=O) groups excluding carboxylic acids is 1. The van der Waals surface area contributed by atoms with Crippen LogP contribution in [0.25, 0.3) is 0 Å². The first kappa shape index (κ1) is 23.1. The minimum absolute atomic E-state index is 0.192. The molecule has 154 valence electrons. The minimum atomic E-state index is -0.636. The molecule has 0 fully saturated rings. The molecule has 0 aliphatic carbocycles. The molecule has 0 aliphatic rings. The van der Waals surface area contributed by atoms with Crippen molar-refractivity contribution in [2.45, 2.75) is 68.6 Å². The lowest BCUT2D eigenvalue weighted by atomic mass is 10.1. The van der Waals surface area contributed by atoms with Gasteiger partial charge in [-0.2, -0.15) is 0 Å². The zero-order chi connectivity index (χ0) is 20.8. The zero-order valence-electron chi connectivity index (χ0n) is 16.9. The van der Waals surface area contributed by atoms with Crippen molar-refractivity contribution in [1.82, 2.24) is 15.0 Å². The number of carbonyl (C=O) groups is 1. The highest BCUT2D eigenvalue weighted by atomic mass is 79.9. The summed E-state index contributed by atoms with van der Waals surface area (Å²) in [4.78, 5) is 25.7. The van der Waals surface area contributed by atoms with E-state index >= 15 is 0 Å². The van der Waals surface area contributed by atoms with E-state index in [-0.39, 0.29) is 5.97 Å². The van der Waals surface area contributed by atoms with Gasteiger partial charge in [0.1, 0.15) is 10.3 Å². The molecule has 9 heteroatoms. The van der Waals surface area contributed by atoms with E-state index in [0.717, 1.165) is 33.9 Å². The molecule has 28 heavy (non-hydrogen) atoms. The van der Waals surface area contributed by atoms with Gasteiger partial charge in [-0.1, -0.05) is 18.7 Å². The van der Waals surface area contributed by atoms with E-state index in [4.69, 9.17) is 4.74 Å². The van der Waals surface area contributed by atoms with Crippen molar-refractivity contribution in [2.75, 3.05) is 11.9 Å². The summed E-state index contributed by atoms with van der Waals surface area (Å²) < 4.78 is 6.71. The number of thioether (sulfide) groups is 1. The van der Waals surface area contributed by atoms with Crippen LogP contribution in [-0.2, 0) is 16.0 Å². The number of thiazole rings is 1. The number of anilines is 1. The minimum Gasteiger partial charge on any atom is -0.459 e. The average Bonchev–Trinajstić information content (AvgIpc) is 3.05. The number of rotatable bonds is 9. The van der Waals surface area contributed by atoms with Crippen molar-refractivity contribution in [3.05, 3.63) is 27.9 Å². The monoisotopic (exact) mass is 486 g/mol. The van der Waals surface area contributed by atoms with E-state index < -0.39 is 10.3 Å². The maximum absolute atomic E-state index is 12.6. The van der Waals surface area contributed by atoms with E-state index in [9.17, 15) is 4.79 Å². The number of aryl methyl sites for hydroxylation is 1. The third-order valence-electron chi connectivity index (χ3n) is 3.86. The molecule has 1 atom stereocenters. The summed E-state index contributed by atoms with van der Waals surface area (Å²) >= 11 is 6.39. The summed E-state index contributed by atoms with van der Waals surface area (Å²) in [7, 11) is 0. The normalized spacial score (nSPS) is 13.8. The van der Waals surface area contributed by atoms with E-state index in [2.05, 4.69) is 41.6 Å². The third-order valence-corrected chi connectivity index (χ3v) is 6.66. The fourth-order valence-electron chi connectivity index (χ4n) is 2.16. The summed E-state index contributed by atoms with van der Waals surface area (Å²) in [6.45, 7) is 10.4. The molecule has 0 aliphatic heterocycles. The van der Waals surface area contributed by atoms with Crippen molar-refractivity contribution in [1.29, 1.82) is 0 Å². The third kappa shape index (κ3) is 7.33. The van der Waals surface area contributed by atoms with Gasteiger partial charge in [-0.25, -0.2) is 15.0 Å². The van der Waals surface area contributed by atoms with E-state index in [1.165, 1.54) is 11.8 Å². The fourth-order valence-corrected chi connectivity index (χ4v) is 4.65. The van der Waals surface area contributed by atoms with Gasteiger partial charge < -0.3 is 10.1 Å². The molecule has 2 aromatic heterocycles. The Labute approximate surface area is 183 Å². The summed E-state index contributed by atoms with van der Waals surface area (Å²) in [5.74, 6) is 0.428. The molecule has 0 bridgehead atoms. The molecular weight excluding hydrogens is 460 g/mol. The Balaban J connectivity index is 1.85. The predicted octanol–water partition coefficient (Wildman–Crippen LogP) is 5.34. The van der Waals surface area contributed by atoms with Crippen molar-refractivity contribution in [3.8, 4) is 0 Å². The van der Waals surface area contributed by atoms with Crippen LogP contribution in [0.3, 0.4) is 0 Å². The average molecular weight is 487 g/mol. The Hall–Kier alpha value is -1.19. The maximum Gasteiger partial charge on any atom is 0.322 e. The van der Waals surface area contributed by atoms with Crippen LogP contribution in [0.1, 0.15) is 53.2 Å². The number of ether oxygens (including phenoxy) is 1. The molecule has 1 unspecified atom stereocenters. The maximum atomic E-state index is 12.6. The van der Waals surface area contributed by atoms with Gasteiger partial charge in [0.2, 0.25) is 5.95 Å². The largest absolute Gasteiger partial charge is 0.459 e. The summed E-state index contributed by atoms with van der Waals surface area (Å²) in [6, 6.07) is 0. The van der Waals surface area contributed by atoms with Crippen molar-refractivity contribution >= 4 is 50.9 Å². The standard InChI is InChI=1S/C19H27BrN4O2S2/c1-6-19(5,15(25)26-18(2,3)4)28-17-24-14(12-27-17)8-7-9-21-16-22-10-13(20)11-23-16/h10-12H,6-9H2,1-5H3,(H,21,22,23). The number of aromatic nitrogens is 3. The summed E-state index contributed by atoms with van der Waals surface area (Å²) in [6.07, 6.45) is 5.89. The molecule has 0 amide bonds. The first-order valence-corrected chi connectivity index (χ1v) is 11.7. The molecule has 0 saturated carbocycles. The van der Waals surface area contributed by atoms with Crippen LogP contribution in [0.4, 0.5) is 5.95 Å². The number of hydrogen-bond acceptors (Lipinski definition) is 8. The first-order chi connectivity index (χ1) is 13.1. The molecule has 0 aromatic carbocycles. The Kier molecular flexibility index (Phi) is 8.27. The van der Waals surface area contributed by atoms with Crippen LogP contribution in [-0.4, -0.2) is 37.8 Å². The SMILES string of the molecule is CCC(C)(Sc1nc(CCCNc2ncc(Br)cn2)cs1)C(=O)OC(C)(C)C. The molecular formula is C19H27BrN4O2S2. The van der Waals surface area contributed by atoms with E-state index in [1.54, 1.807) is 23.7 Å². The van der Waals surface area contributed by atoms with Crippen molar-refractivity contribution in [3.63, 3.8) is 0 Å². The molecule has 2 rings (SSSR count). The molecule has 2 heterocycles. The van der Waals surface area contributed by atoms with Gasteiger partial charge in [-0.15, -0.1) is 11.3 Å². The second-order valence-electron chi connectivity index (χ2n) is 7.55. The quantitative estimate of drug-likeness (QED) is 0.291. The van der Waals surface area contributed by atoms with Crippen LogP contribution in [0.5, 0.6) is 0 Å². The highest BCUT2D eigenvalue weighted by Crippen LogP contribution is 2.39. The lowest BCUT2D eigenvalue weighted by molar-refractivity contribution is -0.157. The smallest absolute Gasteiger partial charge is 0.322 e. The highest BCUT2D eigenvalue weighted by molar-refractivity contribution is 9.10. The lowest BCUT2D eigenvalue weighted by Gasteiger charge is -2.29. The van der Waals surface area contributed by atoms with Crippen molar-refractivity contribution in [2.24, 2.45) is 0 Å². The molecule has 1 N–H and O–H groups in total.